The Morgan fingerprint density at radius 3 is 2.70 bits per heavy atom. The van der Waals surface area contributed by atoms with E-state index in [1.54, 1.807) is 4.90 Å². The third-order valence-electron chi connectivity index (χ3n) is 6.11. The first-order valence-electron chi connectivity index (χ1n) is 10.3. The van der Waals surface area contributed by atoms with E-state index in [-0.39, 0.29) is 42.3 Å². The number of hydrogen-bond donors (Lipinski definition) is 2. The second-order valence-corrected chi connectivity index (χ2v) is 8.15. The number of halogens is 1. The first-order chi connectivity index (χ1) is 14.1. The maximum atomic E-state index is 12.6. The molecule has 3 aliphatic rings. The largest absolute Gasteiger partial charge is 0.381 e. The Morgan fingerprint density at radius 2 is 2.03 bits per heavy atom. The van der Waals surface area contributed by atoms with Crippen LogP contribution in [0.5, 0.6) is 0 Å². The number of benzene rings is 1. The minimum absolute atomic E-state index is 0. The number of aliphatic imine (C=N–C) groups is 1. The van der Waals surface area contributed by atoms with Gasteiger partial charge in [0, 0.05) is 57.4 Å². The monoisotopic (exact) mass is 527 g/mol. The van der Waals surface area contributed by atoms with Crippen molar-refractivity contribution in [2.75, 3.05) is 53.0 Å². The number of carbonyl (C=O) groups excluding carboxylic acids is 2. The molecule has 3 aliphatic heterocycles. The van der Waals surface area contributed by atoms with Gasteiger partial charge in [-0.1, -0.05) is 12.1 Å². The lowest BCUT2D eigenvalue weighted by molar-refractivity contribution is -0.123. The number of amides is 2. The third kappa shape index (κ3) is 5.05. The van der Waals surface area contributed by atoms with Crippen molar-refractivity contribution in [1.82, 2.24) is 20.4 Å². The molecule has 1 unspecified atom stereocenters. The van der Waals surface area contributed by atoms with Crippen molar-refractivity contribution in [1.29, 1.82) is 0 Å². The van der Waals surface area contributed by atoms with Crippen LogP contribution < -0.4 is 10.6 Å². The maximum Gasteiger partial charge on any atom is 0.254 e. The van der Waals surface area contributed by atoms with Gasteiger partial charge in [-0.3, -0.25) is 14.6 Å². The van der Waals surface area contributed by atoms with Gasteiger partial charge >= 0.3 is 0 Å². The van der Waals surface area contributed by atoms with Gasteiger partial charge in [-0.2, -0.15) is 0 Å². The smallest absolute Gasteiger partial charge is 0.254 e. The van der Waals surface area contributed by atoms with E-state index in [9.17, 15) is 9.59 Å². The van der Waals surface area contributed by atoms with Crippen molar-refractivity contribution in [2.45, 2.75) is 19.4 Å². The second kappa shape index (κ2) is 9.95. The standard InChI is InChI=1S/C21H29N5O3.HI/c1-22-20(26-9-6-21(14-26)7-11-29-15-21)24-12-16-2-4-17(5-3-16)19(28)25-10-8-23-18(27)13-25;/h2-5H,6-15H2,1H3,(H,22,24)(H,23,27);1H. The molecular formula is C21H30IN5O3. The summed E-state index contributed by atoms with van der Waals surface area (Å²) in [4.78, 5) is 32.4. The normalized spacial score (nSPS) is 24.0. The van der Waals surface area contributed by atoms with Crippen LogP contribution in [0.1, 0.15) is 28.8 Å². The van der Waals surface area contributed by atoms with Gasteiger partial charge in [0.1, 0.15) is 0 Å². The summed E-state index contributed by atoms with van der Waals surface area (Å²) in [6, 6.07) is 7.56. The quantitative estimate of drug-likeness (QED) is 0.349. The number of rotatable bonds is 3. The van der Waals surface area contributed by atoms with Gasteiger partial charge in [-0.25, -0.2) is 0 Å². The highest BCUT2D eigenvalue weighted by atomic mass is 127. The van der Waals surface area contributed by atoms with Crippen LogP contribution in [-0.4, -0.2) is 80.6 Å². The Hall–Kier alpha value is -1.88. The van der Waals surface area contributed by atoms with Crippen LogP contribution in [0, 0.1) is 5.41 Å². The number of likely N-dealkylation sites (tertiary alicyclic amines) is 1. The van der Waals surface area contributed by atoms with Crippen molar-refractivity contribution in [3.8, 4) is 0 Å². The SMILES string of the molecule is CN=C(NCc1ccc(C(=O)N2CCNC(=O)C2)cc1)N1CCC2(CCOC2)C1.I. The second-order valence-electron chi connectivity index (χ2n) is 8.15. The number of nitrogens with one attached hydrogen (secondary N) is 2. The molecule has 3 saturated heterocycles. The molecule has 0 bridgehead atoms. The van der Waals surface area contributed by atoms with Crippen LogP contribution in [0.25, 0.3) is 0 Å². The Labute approximate surface area is 194 Å². The number of hydrogen-bond acceptors (Lipinski definition) is 4. The van der Waals surface area contributed by atoms with Crippen molar-refractivity contribution >= 4 is 41.8 Å². The van der Waals surface area contributed by atoms with Crippen LogP contribution in [0.3, 0.4) is 0 Å². The molecule has 1 aromatic carbocycles. The molecule has 2 N–H and O–H groups in total. The molecule has 1 spiro atoms. The highest BCUT2D eigenvalue weighted by Crippen LogP contribution is 2.38. The Kier molecular flexibility index (Phi) is 7.56. The van der Waals surface area contributed by atoms with Gasteiger partial charge < -0.3 is 25.2 Å². The van der Waals surface area contributed by atoms with Crippen molar-refractivity contribution < 1.29 is 14.3 Å². The summed E-state index contributed by atoms with van der Waals surface area (Å²) in [5.74, 6) is 0.703. The molecule has 0 aromatic heterocycles. The lowest BCUT2D eigenvalue weighted by Gasteiger charge is -2.26. The first-order valence-corrected chi connectivity index (χ1v) is 10.3. The highest BCUT2D eigenvalue weighted by molar-refractivity contribution is 14.0. The van der Waals surface area contributed by atoms with Crippen LogP contribution in [0.4, 0.5) is 0 Å². The zero-order valence-electron chi connectivity index (χ0n) is 17.4. The van der Waals surface area contributed by atoms with Gasteiger partial charge in [-0.05, 0) is 30.5 Å². The summed E-state index contributed by atoms with van der Waals surface area (Å²) in [6.45, 7) is 5.54. The molecular weight excluding hydrogens is 497 g/mol. The summed E-state index contributed by atoms with van der Waals surface area (Å²) >= 11 is 0. The summed E-state index contributed by atoms with van der Waals surface area (Å²) in [7, 11) is 1.81. The molecule has 0 saturated carbocycles. The van der Waals surface area contributed by atoms with E-state index in [1.807, 2.05) is 31.3 Å². The zero-order valence-corrected chi connectivity index (χ0v) is 19.7. The van der Waals surface area contributed by atoms with Crippen LogP contribution >= 0.6 is 24.0 Å². The molecule has 1 atom stereocenters. The Bertz CT molecular complexity index is 792. The van der Waals surface area contributed by atoms with E-state index in [1.165, 1.54) is 0 Å². The highest BCUT2D eigenvalue weighted by Gasteiger charge is 2.42. The summed E-state index contributed by atoms with van der Waals surface area (Å²) < 4.78 is 5.61. The molecule has 2 amide bonds. The predicted molar refractivity (Wildman–Crippen MR) is 125 cm³/mol. The van der Waals surface area contributed by atoms with Crippen molar-refractivity contribution in [2.24, 2.45) is 10.4 Å². The van der Waals surface area contributed by atoms with E-state index >= 15 is 0 Å². The van der Waals surface area contributed by atoms with Crippen molar-refractivity contribution in [3.63, 3.8) is 0 Å². The molecule has 30 heavy (non-hydrogen) atoms. The average Bonchev–Trinajstić information content (AvgIpc) is 3.38. The van der Waals surface area contributed by atoms with E-state index in [2.05, 4.69) is 20.5 Å². The summed E-state index contributed by atoms with van der Waals surface area (Å²) in [6.07, 6.45) is 2.29. The topological polar surface area (TPSA) is 86.3 Å². The number of nitrogens with zero attached hydrogens (tertiary/aromatic N) is 3. The zero-order chi connectivity index (χ0) is 20.3. The minimum Gasteiger partial charge on any atom is -0.381 e. The third-order valence-corrected chi connectivity index (χ3v) is 6.11. The van der Waals surface area contributed by atoms with E-state index in [0.29, 0.717) is 30.6 Å². The predicted octanol–water partition coefficient (Wildman–Crippen LogP) is 1.06. The molecule has 8 nitrogen and oxygen atoms in total. The lowest BCUT2D eigenvalue weighted by Crippen LogP contribution is -2.49. The molecule has 4 rings (SSSR count). The summed E-state index contributed by atoms with van der Waals surface area (Å²) in [5.41, 5.74) is 1.98. The number of ether oxygens (including phenoxy) is 1. The molecule has 3 heterocycles. The van der Waals surface area contributed by atoms with Crippen LogP contribution in [0.2, 0.25) is 0 Å². The molecule has 9 heteroatoms. The van der Waals surface area contributed by atoms with E-state index in [4.69, 9.17) is 4.74 Å². The van der Waals surface area contributed by atoms with E-state index < -0.39 is 0 Å². The first kappa shape index (κ1) is 22.8. The van der Waals surface area contributed by atoms with Gasteiger partial charge in [0.2, 0.25) is 5.91 Å². The Balaban J connectivity index is 0.00000256. The maximum absolute atomic E-state index is 12.6. The fourth-order valence-electron chi connectivity index (χ4n) is 4.36. The number of guanidine groups is 1. The van der Waals surface area contributed by atoms with E-state index in [0.717, 1.165) is 50.7 Å². The van der Waals surface area contributed by atoms with Crippen LogP contribution in [-0.2, 0) is 16.1 Å². The average molecular weight is 527 g/mol. The van der Waals surface area contributed by atoms with Gasteiger partial charge in [0.25, 0.3) is 5.91 Å². The van der Waals surface area contributed by atoms with Crippen LogP contribution in [0.15, 0.2) is 29.3 Å². The van der Waals surface area contributed by atoms with Crippen molar-refractivity contribution in [3.05, 3.63) is 35.4 Å². The number of piperazine rings is 1. The fourth-order valence-corrected chi connectivity index (χ4v) is 4.36. The fraction of sp³-hybridized carbons (Fsp3) is 0.571. The van der Waals surface area contributed by atoms with Gasteiger partial charge in [-0.15, -0.1) is 24.0 Å². The molecule has 0 radical (unpaired) electrons. The summed E-state index contributed by atoms with van der Waals surface area (Å²) in [5, 5.41) is 6.17. The van der Waals surface area contributed by atoms with Gasteiger partial charge in [0.05, 0.1) is 13.2 Å². The molecule has 0 aliphatic carbocycles. The molecule has 3 fully saturated rings. The molecule has 1 aromatic rings. The van der Waals surface area contributed by atoms with Gasteiger partial charge in [0.15, 0.2) is 5.96 Å². The molecule has 164 valence electrons. The Morgan fingerprint density at radius 1 is 1.23 bits per heavy atom. The number of carbonyl (C=O) groups is 2. The minimum atomic E-state index is -0.107. The lowest BCUT2D eigenvalue weighted by atomic mass is 9.87.